The molecule has 0 unspecified atom stereocenters. The number of carboxylic acid groups (broad SMARTS) is 1. The zero-order chi connectivity index (χ0) is 19.7. The molecule has 0 bridgehead atoms. The number of aliphatic carboxylic acids is 1. The highest BCUT2D eigenvalue weighted by Gasteiger charge is 2.43. The molecule has 146 valence electrons. The Morgan fingerprint density at radius 1 is 1.35 bits per heavy atom. The van der Waals surface area contributed by atoms with Crippen molar-refractivity contribution >= 4 is 28.0 Å². The number of carboxylic acids is 1. The van der Waals surface area contributed by atoms with E-state index < -0.39 is 17.0 Å². The van der Waals surface area contributed by atoms with E-state index in [1.165, 1.54) is 0 Å². The molecule has 1 amide bonds. The Morgan fingerprint density at radius 3 is 2.35 bits per heavy atom. The highest BCUT2D eigenvalue weighted by molar-refractivity contribution is 9.10. The van der Waals surface area contributed by atoms with Gasteiger partial charge in [-0.3, -0.25) is 9.48 Å². The lowest BCUT2D eigenvalue weighted by Gasteiger charge is -2.39. The van der Waals surface area contributed by atoms with E-state index in [9.17, 15) is 14.7 Å². The number of ether oxygens (including phenoxy) is 1. The van der Waals surface area contributed by atoms with Gasteiger partial charge in [-0.05, 0) is 69.8 Å². The number of piperidine rings is 1. The van der Waals surface area contributed by atoms with Crippen molar-refractivity contribution < 1.29 is 19.4 Å². The molecule has 0 atom stereocenters. The van der Waals surface area contributed by atoms with E-state index >= 15 is 0 Å². The van der Waals surface area contributed by atoms with Gasteiger partial charge in [-0.15, -0.1) is 0 Å². The van der Waals surface area contributed by atoms with Crippen LogP contribution < -0.4 is 0 Å². The van der Waals surface area contributed by atoms with Crippen molar-refractivity contribution in [3.63, 3.8) is 0 Å². The van der Waals surface area contributed by atoms with Crippen LogP contribution >= 0.6 is 15.9 Å². The molecule has 1 aromatic rings. The highest BCUT2D eigenvalue weighted by Crippen LogP contribution is 2.38. The summed E-state index contributed by atoms with van der Waals surface area (Å²) in [5.74, 6) is -0.828. The second kappa shape index (κ2) is 7.58. The van der Waals surface area contributed by atoms with Crippen molar-refractivity contribution in [3.05, 3.63) is 16.4 Å². The number of amides is 1. The molecule has 8 heteroatoms. The van der Waals surface area contributed by atoms with Crippen LogP contribution in [-0.2, 0) is 16.0 Å². The third-order valence-corrected chi connectivity index (χ3v) is 5.52. The number of rotatable bonds is 4. The minimum absolute atomic E-state index is 0.188. The van der Waals surface area contributed by atoms with Gasteiger partial charge >= 0.3 is 12.1 Å². The maximum absolute atomic E-state index is 12.2. The van der Waals surface area contributed by atoms with Crippen LogP contribution in [0.1, 0.15) is 59.1 Å². The first-order valence-corrected chi connectivity index (χ1v) is 9.68. The first-order valence-electron chi connectivity index (χ1n) is 8.88. The van der Waals surface area contributed by atoms with Crippen LogP contribution in [0.2, 0.25) is 0 Å². The smallest absolute Gasteiger partial charge is 0.410 e. The van der Waals surface area contributed by atoms with Crippen LogP contribution in [0.3, 0.4) is 0 Å². The van der Waals surface area contributed by atoms with Gasteiger partial charge in [0.1, 0.15) is 10.2 Å². The summed E-state index contributed by atoms with van der Waals surface area (Å²) in [6.07, 6.45) is 2.51. The van der Waals surface area contributed by atoms with E-state index in [1.54, 1.807) is 11.1 Å². The van der Waals surface area contributed by atoms with E-state index in [0.29, 0.717) is 32.4 Å². The molecule has 0 aliphatic carbocycles. The second-order valence-corrected chi connectivity index (χ2v) is 8.98. The standard InChI is InChI=1S/C18H28BrN3O4/c1-12(2)22-14(19)13(11-20-22)10-18(15(23)24)6-8-21(9-7-18)16(25)26-17(3,4)5/h11-12H,6-10H2,1-5H3,(H,23,24). The number of carbonyl (C=O) groups is 2. The van der Waals surface area contributed by atoms with Crippen molar-refractivity contribution in [1.82, 2.24) is 14.7 Å². The molecule has 1 fully saturated rings. The Morgan fingerprint density at radius 2 is 1.92 bits per heavy atom. The molecule has 26 heavy (non-hydrogen) atoms. The summed E-state index contributed by atoms with van der Waals surface area (Å²) in [5, 5.41) is 14.2. The fourth-order valence-corrected chi connectivity index (χ4v) is 3.88. The third kappa shape index (κ3) is 4.58. The number of carbonyl (C=O) groups excluding carboxylic acids is 1. The number of likely N-dealkylation sites (tertiary alicyclic amines) is 1. The summed E-state index contributed by atoms with van der Waals surface area (Å²) in [4.78, 5) is 25.9. The molecule has 1 N–H and O–H groups in total. The predicted molar refractivity (Wildman–Crippen MR) is 101 cm³/mol. The molecule has 2 rings (SSSR count). The third-order valence-electron chi connectivity index (χ3n) is 4.65. The average Bonchev–Trinajstić information content (AvgIpc) is 2.87. The van der Waals surface area contributed by atoms with Crippen LogP contribution in [0, 0.1) is 5.41 Å². The average molecular weight is 430 g/mol. The molecule has 0 spiro atoms. The number of hydrogen-bond donors (Lipinski definition) is 1. The summed E-state index contributed by atoms with van der Waals surface area (Å²) in [6, 6.07) is 0.188. The van der Waals surface area contributed by atoms with Crippen LogP contribution in [0.25, 0.3) is 0 Å². The van der Waals surface area contributed by atoms with Crippen LogP contribution in [0.15, 0.2) is 10.8 Å². The van der Waals surface area contributed by atoms with Gasteiger partial charge in [-0.1, -0.05) is 0 Å². The number of halogens is 1. The SMILES string of the molecule is CC(C)n1ncc(CC2(C(=O)O)CCN(C(=O)OC(C)(C)C)CC2)c1Br. The Kier molecular flexibility index (Phi) is 6.05. The highest BCUT2D eigenvalue weighted by atomic mass is 79.9. The Bertz CT molecular complexity index is 670. The normalized spacial score (nSPS) is 17.4. The summed E-state index contributed by atoms with van der Waals surface area (Å²) < 4.78 is 8.05. The monoisotopic (exact) mass is 429 g/mol. The Hall–Kier alpha value is -1.57. The molecule has 0 aromatic carbocycles. The summed E-state index contributed by atoms with van der Waals surface area (Å²) in [5.41, 5.74) is -0.576. The number of aromatic nitrogens is 2. The van der Waals surface area contributed by atoms with Crippen molar-refractivity contribution in [2.75, 3.05) is 13.1 Å². The first-order chi connectivity index (χ1) is 11.9. The van der Waals surface area contributed by atoms with Gasteiger partial charge in [-0.2, -0.15) is 5.10 Å². The lowest BCUT2D eigenvalue weighted by Crippen LogP contribution is -2.48. The lowest BCUT2D eigenvalue weighted by atomic mass is 9.74. The number of hydrogen-bond acceptors (Lipinski definition) is 4. The first kappa shape index (κ1) is 20.7. The minimum atomic E-state index is -0.897. The Balaban J connectivity index is 2.11. The maximum Gasteiger partial charge on any atom is 0.410 e. The van der Waals surface area contributed by atoms with Gasteiger partial charge in [-0.25, -0.2) is 4.79 Å². The van der Waals surface area contributed by atoms with Crippen molar-refractivity contribution in [2.45, 2.75) is 65.5 Å². The van der Waals surface area contributed by atoms with Gasteiger partial charge in [0.05, 0.1) is 11.6 Å². The second-order valence-electron chi connectivity index (χ2n) is 8.23. The molecule has 1 aliphatic heterocycles. The van der Waals surface area contributed by atoms with E-state index in [0.717, 1.165) is 10.2 Å². The van der Waals surface area contributed by atoms with Gasteiger partial charge in [0.25, 0.3) is 0 Å². The summed E-state index contributed by atoms with van der Waals surface area (Å²) >= 11 is 3.54. The largest absolute Gasteiger partial charge is 0.481 e. The predicted octanol–water partition coefficient (Wildman–Crippen LogP) is 3.87. The fraction of sp³-hybridized carbons (Fsp3) is 0.722. The molecule has 1 aromatic heterocycles. The zero-order valence-electron chi connectivity index (χ0n) is 16.1. The van der Waals surface area contributed by atoms with Crippen LogP contribution in [0.5, 0.6) is 0 Å². The quantitative estimate of drug-likeness (QED) is 0.784. The summed E-state index contributed by atoms with van der Waals surface area (Å²) in [7, 11) is 0. The minimum Gasteiger partial charge on any atom is -0.481 e. The van der Waals surface area contributed by atoms with Crippen LogP contribution in [0.4, 0.5) is 4.79 Å². The Labute approximate surface area is 162 Å². The maximum atomic E-state index is 12.2. The van der Waals surface area contributed by atoms with E-state index in [1.807, 2.05) is 39.3 Å². The zero-order valence-corrected chi connectivity index (χ0v) is 17.7. The molecule has 0 saturated carbocycles. The molecule has 1 aliphatic rings. The van der Waals surface area contributed by atoms with E-state index in [-0.39, 0.29) is 12.1 Å². The summed E-state index contributed by atoms with van der Waals surface area (Å²) in [6.45, 7) is 10.2. The number of nitrogens with zero attached hydrogens (tertiary/aromatic N) is 3. The van der Waals surface area contributed by atoms with Crippen LogP contribution in [-0.4, -0.2) is 50.5 Å². The van der Waals surface area contributed by atoms with Gasteiger partial charge < -0.3 is 14.7 Å². The molecule has 7 nitrogen and oxygen atoms in total. The topological polar surface area (TPSA) is 84.7 Å². The molecule has 2 heterocycles. The lowest BCUT2D eigenvalue weighted by molar-refractivity contribution is -0.152. The van der Waals surface area contributed by atoms with Crippen molar-refractivity contribution in [2.24, 2.45) is 5.41 Å². The molecular weight excluding hydrogens is 402 g/mol. The van der Waals surface area contributed by atoms with Crippen molar-refractivity contribution in [3.8, 4) is 0 Å². The molecule has 1 saturated heterocycles. The molecule has 0 radical (unpaired) electrons. The van der Waals surface area contributed by atoms with E-state index in [2.05, 4.69) is 21.0 Å². The van der Waals surface area contributed by atoms with Gasteiger partial charge in [0, 0.05) is 24.7 Å². The fourth-order valence-electron chi connectivity index (χ4n) is 3.14. The van der Waals surface area contributed by atoms with Crippen molar-refractivity contribution in [1.29, 1.82) is 0 Å². The molecular formula is C18H28BrN3O4. The van der Waals surface area contributed by atoms with Gasteiger partial charge in [0.2, 0.25) is 0 Å². The van der Waals surface area contributed by atoms with Gasteiger partial charge in [0.15, 0.2) is 0 Å². The van der Waals surface area contributed by atoms with E-state index in [4.69, 9.17) is 4.74 Å².